The van der Waals surface area contributed by atoms with Gasteiger partial charge in [-0.05, 0) is 68.3 Å². The molecule has 10 heteroatoms. The largest absolute Gasteiger partial charge is 0.354 e. The maximum atomic E-state index is 13.8. The van der Waals surface area contributed by atoms with Crippen LogP contribution in [0.2, 0.25) is 10.0 Å². The second-order valence-electron chi connectivity index (χ2n) is 8.88. The first-order chi connectivity index (χ1) is 18.0. The number of hydrogen-bond acceptors (Lipinski definition) is 4. The molecule has 0 aliphatic carbocycles. The first-order valence-electron chi connectivity index (χ1n) is 12.2. The Balaban J connectivity index is 2.02. The second-order valence-corrected chi connectivity index (χ2v) is 11.6. The number of sulfonamides is 1. The van der Waals surface area contributed by atoms with Crippen LogP contribution in [0.25, 0.3) is 0 Å². The van der Waals surface area contributed by atoms with Gasteiger partial charge in [-0.1, -0.05) is 66.0 Å². The van der Waals surface area contributed by atoms with Gasteiger partial charge in [0.1, 0.15) is 12.6 Å². The summed E-state index contributed by atoms with van der Waals surface area (Å²) in [5.74, 6) is -0.901. The van der Waals surface area contributed by atoms with Gasteiger partial charge in [-0.3, -0.25) is 13.9 Å². The number of benzene rings is 3. The van der Waals surface area contributed by atoms with Crippen LogP contribution in [0.3, 0.4) is 0 Å². The van der Waals surface area contributed by atoms with Crippen LogP contribution in [0.5, 0.6) is 0 Å². The molecule has 0 heterocycles. The van der Waals surface area contributed by atoms with Gasteiger partial charge in [0.2, 0.25) is 11.8 Å². The third kappa shape index (κ3) is 7.28. The van der Waals surface area contributed by atoms with Crippen molar-refractivity contribution in [2.24, 2.45) is 0 Å². The zero-order valence-corrected chi connectivity index (χ0v) is 23.9. The standard InChI is InChI=1S/C28H31Cl2N3O4S/c1-4-17-31-28(35)21(3)32(18-22-7-5-6-8-26(22)30)27(34)19-33(24-13-11-23(29)12-14-24)38(36,37)25-15-9-20(2)10-16-25/h5-16,21H,4,17-19H2,1-3H3,(H,31,35). The van der Waals surface area contributed by atoms with Crippen molar-refractivity contribution >= 4 is 50.7 Å². The van der Waals surface area contributed by atoms with Crippen molar-refractivity contribution in [1.82, 2.24) is 10.2 Å². The van der Waals surface area contributed by atoms with Crippen molar-refractivity contribution in [2.45, 2.75) is 44.7 Å². The van der Waals surface area contributed by atoms with Crippen LogP contribution in [0.15, 0.2) is 77.7 Å². The van der Waals surface area contributed by atoms with Gasteiger partial charge in [0.25, 0.3) is 10.0 Å². The van der Waals surface area contributed by atoms with Crippen LogP contribution in [-0.2, 0) is 26.2 Å². The lowest BCUT2D eigenvalue weighted by Crippen LogP contribution is -2.51. The highest BCUT2D eigenvalue weighted by molar-refractivity contribution is 7.92. The number of carbonyl (C=O) groups is 2. The smallest absolute Gasteiger partial charge is 0.264 e. The number of nitrogens with one attached hydrogen (secondary N) is 1. The molecule has 0 fully saturated rings. The molecule has 3 aromatic rings. The lowest BCUT2D eigenvalue weighted by Gasteiger charge is -2.32. The van der Waals surface area contributed by atoms with Crippen LogP contribution in [-0.4, -0.2) is 44.3 Å². The summed E-state index contributed by atoms with van der Waals surface area (Å²) in [6.07, 6.45) is 0.732. The van der Waals surface area contributed by atoms with E-state index in [9.17, 15) is 18.0 Å². The molecular weight excluding hydrogens is 545 g/mol. The first kappa shape index (κ1) is 29.5. The van der Waals surface area contributed by atoms with E-state index in [1.54, 1.807) is 55.5 Å². The Morgan fingerprint density at radius 2 is 1.58 bits per heavy atom. The van der Waals surface area contributed by atoms with Crippen LogP contribution in [0, 0.1) is 6.92 Å². The van der Waals surface area contributed by atoms with Crippen molar-refractivity contribution in [3.8, 4) is 0 Å². The molecule has 202 valence electrons. The Labute approximate surface area is 234 Å². The molecule has 0 saturated carbocycles. The summed E-state index contributed by atoms with van der Waals surface area (Å²) in [7, 11) is -4.14. The molecule has 0 aliphatic heterocycles. The van der Waals surface area contributed by atoms with Crippen molar-refractivity contribution in [3.63, 3.8) is 0 Å². The third-order valence-electron chi connectivity index (χ3n) is 6.02. The lowest BCUT2D eigenvalue weighted by atomic mass is 10.1. The van der Waals surface area contributed by atoms with Crippen molar-refractivity contribution in [3.05, 3.63) is 94.0 Å². The summed E-state index contributed by atoms with van der Waals surface area (Å²) in [5, 5.41) is 3.67. The van der Waals surface area contributed by atoms with Gasteiger partial charge < -0.3 is 10.2 Å². The molecule has 0 aromatic heterocycles. The highest BCUT2D eigenvalue weighted by atomic mass is 35.5. The zero-order chi connectivity index (χ0) is 27.9. The Bertz CT molecular complexity index is 1360. The molecule has 0 bridgehead atoms. The minimum Gasteiger partial charge on any atom is -0.354 e. The Morgan fingerprint density at radius 1 is 0.947 bits per heavy atom. The van der Waals surface area contributed by atoms with E-state index >= 15 is 0 Å². The van der Waals surface area contributed by atoms with E-state index in [1.165, 1.54) is 29.2 Å². The number of carbonyl (C=O) groups excluding carboxylic acids is 2. The molecule has 7 nitrogen and oxygen atoms in total. The Hall–Kier alpha value is -3.07. The maximum Gasteiger partial charge on any atom is 0.264 e. The molecule has 0 aliphatic rings. The fourth-order valence-corrected chi connectivity index (χ4v) is 5.50. The van der Waals surface area contributed by atoms with Gasteiger partial charge >= 0.3 is 0 Å². The normalized spacial score (nSPS) is 12.0. The molecule has 0 radical (unpaired) electrons. The monoisotopic (exact) mass is 575 g/mol. The van der Waals surface area contributed by atoms with Gasteiger partial charge in [-0.25, -0.2) is 8.42 Å². The van der Waals surface area contributed by atoms with E-state index in [0.717, 1.165) is 16.3 Å². The van der Waals surface area contributed by atoms with Crippen molar-refractivity contribution < 1.29 is 18.0 Å². The van der Waals surface area contributed by atoms with E-state index in [2.05, 4.69) is 5.32 Å². The number of hydrogen-bond donors (Lipinski definition) is 1. The molecule has 3 rings (SSSR count). The van der Waals surface area contributed by atoms with Gasteiger partial charge in [-0.2, -0.15) is 0 Å². The van der Waals surface area contributed by atoms with Gasteiger partial charge in [-0.15, -0.1) is 0 Å². The number of nitrogens with zero attached hydrogens (tertiary/aromatic N) is 2. The molecule has 1 N–H and O–H groups in total. The molecule has 1 unspecified atom stereocenters. The summed E-state index contributed by atoms with van der Waals surface area (Å²) in [6, 6.07) is 18.7. The topological polar surface area (TPSA) is 86.8 Å². The van der Waals surface area contributed by atoms with Crippen LogP contribution in [0.4, 0.5) is 5.69 Å². The summed E-state index contributed by atoms with van der Waals surface area (Å²) in [6.45, 7) is 5.34. The van der Waals surface area contributed by atoms with Crippen molar-refractivity contribution in [2.75, 3.05) is 17.4 Å². The van der Waals surface area contributed by atoms with Gasteiger partial charge in [0.05, 0.1) is 10.6 Å². The van der Waals surface area contributed by atoms with E-state index in [-0.39, 0.29) is 23.0 Å². The molecule has 3 aromatic carbocycles. The summed E-state index contributed by atoms with van der Waals surface area (Å²) < 4.78 is 28.6. The molecular formula is C28H31Cl2N3O4S. The predicted molar refractivity (Wildman–Crippen MR) is 152 cm³/mol. The molecule has 2 amide bonds. The van der Waals surface area contributed by atoms with Gasteiger partial charge in [0.15, 0.2) is 0 Å². The van der Waals surface area contributed by atoms with Crippen molar-refractivity contribution in [1.29, 1.82) is 0 Å². The Kier molecular flexibility index (Phi) is 10.2. The number of anilines is 1. The van der Waals surface area contributed by atoms with E-state index in [1.807, 2.05) is 13.8 Å². The fraction of sp³-hybridized carbons (Fsp3) is 0.286. The summed E-state index contributed by atoms with van der Waals surface area (Å²) in [4.78, 5) is 28.1. The number of aryl methyl sites for hydroxylation is 1. The average molecular weight is 577 g/mol. The SMILES string of the molecule is CCCNC(=O)C(C)N(Cc1ccccc1Cl)C(=O)CN(c1ccc(Cl)cc1)S(=O)(=O)c1ccc(C)cc1. The molecule has 0 spiro atoms. The molecule has 1 atom stereocenters. The highest BCUT2D eigenvalue weighted by Crippen LogP contribution is 2.26. The third-order valence-corrected chi connectivity index (χ3v) is 8.43. The quantitative estimate of drug-likeness (QED) is 0.330. The van der Waals surface area contributed by atoms with Crippen LogP contribution >= 0.6 is 23.2 Å². The summed E-state index contributed by atoms with van der Waals surface area (Å²) >= 11 is 12.4. The molecule has 38 heavy (non-hydrogen) atoms. The minimum absolute atomic E-state index is 0.0260. The van der Waals surface area contributed by atoms with Gasteiger partial charge in [0, 0.05) is 23.1 Å². The predicted octanol–water partition coefficient (Wildman–Crippen LogP) is 5.44. The highest BCUT2D eigenvalue weighted by Gasteiger charge is 2.32. The van der Waals surface area contributed by atoms with Crippen LogP contribution < -0.4 is 9.62 Å². The van der Waals surface area contributed by atoms with Crippen LogP contribution in [0.1, 0.15) is 31.4 Å². The first-order valence-corrected chi connectivity index (χ1v) is 14.4. The minimum atomic E-state index is -4.14. The number of halogens is 2. The second kappa shape index (κ2) is 13.1. The fourth-order valence-electron chi connectivity index (χ4n) is 3.76. The average Bonchev–Trinajstić information content (AvgIpc) is 2.90. The zero-order valence-electron chi connectivity index (χ0n) is 21.5. The van der Waals surface area contributed by atoms with E-state index in [0.29, 0.717) is 22.2 Å². The lowest BCUT2D eigenvalue weighted by molar-refractivity contribution is -0.139. The van der Waals surface area contributed by atoms with E-state index < -0.39 is 28.5 Å². The Morgan fingerprint density at radius 3 is 2.18 bits per heavy atom. The molecule has 0 saturated heterocycles. The summed E-state index contributed by atoms with van der Waals surface area (Å²) in [5.41, 5.74) is 1.80. The number of amides is 2. The number of rotatable bonds is 11. The van der Waals surface area contributed by atoms with E-state index in [4.69, 9.17) is 23.2 Å². The maximum absolute atomic E-state index is 13.8.